The molecule has 146 valence electrons. The Morgan fingerprint density at radius 3 is 2.39 bits per heavy atom. The van der Waals surface area contributed by atoms with Crippen molar-refractivity contribution in [2.75, 3.05) is 6.54 Å². The second-order valence-corrected chi connectivity index (χ2v) is 8.43. The summed E-state index contributed by atoms with van der Waals surface area (Å²) in [6.07, 6.45) is 1.62. The van der Waals surface area contributed by atoms with Gasteiger partial charge < -0.3 is 10.1 Å². The maximum atomic E-state index is 12.2. The second-order valence-electron chi connectivity index (χ2n) is 5.88. The van der Waals surface area contributed by atoms with Crippen molar-refractivity contribution in [1.82, 2.24) is 10.2 Å². The zero-order valence-corrected chi connectivity index (χ0v) is 19.2. The quantitative estimate of drug-likeness (QED) is 0.368. The number of imide groups is 1. The molecule has 1 aliphatic rings. The van der Waals surface area contributed by atoms with Crippen molar-refractivity contribution < 1.29 is 14.3 Å². The minimum Gasteiger partial charge on any atom is -0.486 e. The lowest BCUT2D eigenvalue weighted by molar-refractivity contribution is -0.122. The molecule has 0 bridgehead atoms. The summed E-state index contributed by atoms with van der Waals surface area (Å²) < 4.78 is 7.25. The van der Waals surface area contributed by atoms with Gasteiger partial charge in [0.25, 0.3) is 5.91 Å². The van der Waals surface area contributed by atoms with Gasteiger partial charge in [-0.1, -0.05) is 29.3 Å². The summed E-state index contributed by atoms with van der Waals surface area (Å²) in [6.45, 7) is 2.32. The maximum absolute atomic E-state index is 12.2. The molecule has 28 heavy (non-hydrogen) atoms. The summed E-state index contributed by atoms with van der Waals surface area (Å²) >= 11 is 19.1. The number of hydrogen-bond donors (Lipinski definition) is 1. The van der Waals surface area contributed by atoms with Crippen molar-refractivity contribution in [3.05, 3.63) is 66.1 Å². The van der Waals surface area contributed by atoms with Gasteiger partial charge in [-0.15, -0.1) is 0 Å². The van der Waals surface area contributed by atoms with Crippen molar-refractivity contribution in [3.63, 3.8) is 0 Å². The lowest BCUT2D eigenvalue weighted by Gasteiger charge is -2.12. The minimum atomic E-state index is -0.420. The first-order valence-electron chi connectivity index (χ1n) is 8.20. The standard InChI is InChI=1S/C19H14Br2Cl2N2O3/c1-2-25-18(26)16(24-19(25)27)7-10-5-13(20)17(14(21)6-10)28-9-11-3-4-12(22)8-15(11)23/h3-8H,2,9H2,1H3,(H,24,27)/b16-7+. The van der Waals surface area contributed by atoms with Crippen LogP contribution in [0.2, 0.25) is 10.0 Å². The van der Waals surface area contributed by atoms with E-state index in [1.807, 2.05) is 0 Å². The smallest absolute Gasteiger partial charge is 0.328 e. The Bertz CT molecular complexity index is 972. The van der Waals surface area contributed by atoms with Crippen molar-refractivity contribution in [2.45, 2.75) is 13.5 Å². The van der Waals surface area contributed by atoms with Gasteiger partial charge >= 0.3 is 6.03 Å². The van der Waals surface area contributed by atoms with Crippen LogP contribution in [0.15, 0.2) is 45.0 Å². The molecule has 0 saturated carbocycles. The van der Waals surface area contributed by atoms with Crippen LogP contribution in [0.3, 0.4) is 0 Å². The van der Waals surface area contributed by atoms with Crippen LogP contribution in [-0.4, -0.2) is 23.4 Å². The molecule has 0 unspecified atom stereocenters. The van der Waals surface area contributed by atoms with Gasteiger partial charge in [0.1, 0.15) is 18.1 Å². The van der Waals surface area contributed by atoms with Gasteiger partial charge in [0, 0.05) is 22.2 Å². The van der Waals surface area contributed by atoms with Crippen LogP contribution in [0.5, 0.6) is 5.75 Å². The third kappa shape index (κ3) is 4.54. The molecule has 1 saturated heterocycles. The van der Waals surface area contributed by atoms with E-state index in [9.17, 15) is 9.59 Å². The molecular weight excluding hydrogens is 535 g/mol. The molecule has 9 heteroatoms. The van der Waals surface area contributed by atoms with Gasteiger partial charge in [-0.3, -0.25) is 9.69 Å². The summed E-state index contributed by atoms with van der Waals surface area (Å²) in [6, 6.07) is 8.39. The number of amides is 3. The van der Waals surface area contributed by atoms with E-state index < -0.39 is 6.03 Å². The molecular formula is C19H14Br2Cl2N2O3. The Morgan fingerprint density at radius 1 is 1.14 bits per heavy atom. The van der Waals surface area contributed by atoms with E-state index in [2.05, 4.69) is 37.2 Å². The molecule has 0 atom stereocenters. The number of urea groups is 1. The molecule has 0 aliphatic carbocycles. The zero-order valence-electron chi connectivity index (χ0n) is 14.6. The molecule has 1 N–H and O–H groups in total. The number of likely N-dealkylation sites (N-methyl/N-ethyl adjacent to an activating group) is 1. The fraction of sp³-hybridized carbons (Fsp3) is 0.158. The summed E-state index contributed by atoms with van der Waals surface area (Å²) in [5, 5.41) is 3.66. The minimum absolute atomic E-state index is 0.229. The van der Waals surface area contributed by atoms with Crippen LogP contribution < -0.4 is 10.1 Å². The number of hydrogen-bond acceptors (Lipinski definition) is 3. The number of halogens is 4. The Morgan fingerprint density at radius 2 is 1.82 bits per heavy atom. The Balaban J connectivity index is 1.80. The van der Waals surface area contributed by atoms with Crippen LogP contribution in [0.25, 0.3) is 6.08 Å². The summed E-state index contributed by atoms with van der Waals surface area (Å²) in [5.41, 5.74) is 1.75. The Hall–Kier alpha value is -1.54. The number of rotatable bonds is 5. The molecule has 0 aromatic heterocycles. The van der Waals surface area contributed by atoms with Gasteiger partial charge in [0.15, 0.2) is 0 Å². The van der Waals surface area contributed by atoms with Crippen LogP contribution in [-0.2, 0) is 11.4 Å². The highest BCUT2D eigenvalue weighted by Gasteiger charge is 2.32. The van der Waals surface area contributed by atoms with E-state index in [0.717, 1.165) is 16.0 Å². The monoisotopic (exact) mass is 546 g/mol. The molecule has 0 radical (unpaired) electrons. The number of nitrogens with zero attached hydrogens (tertiary/aromatic N) is 1. The van der Waals surface area contributed by atoms with Crippen LogP contribution in [0.4, 0.5) is 4.79 Å². The maximum Gasteiger partial charge on any atom is 0.328 e. The molecule has 3 amide bonds. The van der Waals surface area contributed by atoms with Gasteiger partial charge in [-0.2, -0.15) is 0 Å². The number of nitrogens with one attached hydrogen (secondary N) is 1. The first-order chi connectivity index (χ1) is 13.3. The highest BCUT2D eigenvalue weighted by molar-refractivity contribution is 9.11. The number of carbonyl (C=O) groups excluding carboxylic acids is 2. The lowest BCUT2D eigenvalue weighted by atomic mass is 10.2. The average Bonchev–Trinajstić information content (AvgIpc) is 2.88. The number of benzene rings is 2. The first-order valence-corrected chi connectivity index (χ1v) is 10.5. The highest BCUT2D eigenvalue weighted by Crippen LogP contribution is 2.36. The molecule has 1 heterocycles. The van der Waals surface area contributed by atoms with Gasteiger partial charge in [-0.05, 0) is 74.7 Å². The molecule has 2 aromatic carbocycles. The van der Waals surface area contributed by atoms with Gasteiger partial charge in [0.2, 0.25) is 0 Å². The third-order valence-electron chi connectivity index (χ3n) is 4.00. The zero-order chi connectivity index (χ0) is 20.4. The van der Waals surface area contributed by atoms with Crippen molar-refractivity contribution in [3.8, 4) is 5.75 Å². The van der Waals surface area contributed by atoms with Crippen molar-refractivity contribution in [1.29, 1.82) is 0 Å². The van der Waals surface area contributed by atoms with E-state index in [-0.39, 0.29) is 18.2 Å². The predicted octanol–water partition coefficient (Wildman–Crippen LogP) is 6.01. The topological polar surface area (TPSA) is 58.6 Å². The van der Waals surface area contributed by atoms with Gasteiger partial charge in [-0.25, -0.2) is 4.79 Å². The Labute approximate surface area is 188 Å². The van der Waals surface area contributed by atoms with Crippen LogP contribution in [0.1, 0.15) is 18.1 Å². The summed E-state index contributed by atoms with van der Waals surface area (Å²) in [5.74, 6) is 0.239. The fourth-order valence-electron chi connectivity index (χ4n) is 2.61. The second kappa shape index (κ2) is 8.86. The summed E-state index contributed by atoms with van der Waals surface area (Å²) in [7, 11) is 0. The van der Waals surface area contributed by atoms with E-state index in [0.29, 0.717) is 31.3 Å². The molecule has 5 nitrogen and oxygen atoms in total. The lowest BCUT2D eigenvalue weighted by Crippen LogP contribution is -2.30. The van der Waals surface area contributed by atoms with E-state index in [1.165, 1.54) is 0 Å². The third-order valence-corrected chi connectivity index (χ3v) is 5.76. The van der Waals surface area contributed by atoms with E-state index >= 15 is 0 Å². The fourth-order valence-corrected chi connectivity index (χ4v) is 4.53. The summed E-state index contributed by atoms with van der Waals surface area (Å²) in [4.78, 5) is 25.1. The number of ether oxygens (including phenoxy) is 1. The molecule has 1 fully saturated rings. The van der Waals surface area contributed by atoms with Crippen LogP contribution in [0, 0.1) is 0 Å². The van der Waals surface area contributed by atoms with Gasteiger partial charge in [0.05, 0.1) is 8.95 Å². The molecule has 3 rings (SSSR count). The average molecular weight is 549 g/mol. The first kappa shape index (κ1) is 21.2. The molecule has 1 aliphatic heterocycles. The largest absolute Gasteiger partial charge is 0.486 e. The normalized spacial score (nSPS) is 15.3. The molecule has 0 spiro atoms. The van der Waals surface area contributed by atoms with Crippen LogP contribution >= 0.6 is 55.1 Å². The van der Waals surface area contributed by atoms with Crippen molar-refractivity contribution >= 4 is 73.1 Å². The Kier molecular flexibility index (Phi) is 6.70. The SMILES string of the molecule is CCN1C(=O)N/C(=C/c2cc(Br)c(OCc3ccc(Cl)cc3Cl)c(Br)c2)C1=O. The molecule has 2 aromatic rings. The van der Waals surface area contributed by atoms with Crippen molar-refractivity contribution in [2.24, 2.45) is 0 Å². The predicted molar refractivity (Wildman–Crippen MR) is 117 cm³/mol. The number of carbonyl (C=O) groups is 2. The van der Waals surface area contributed by atoms with E-state index in [1.54, 1.807) is 43.3 Å². The highest BCUT2D eigenvalue weighted by atomic mass is 79.9. The van der Waals surface area contributed by atoms with E-state index in [4.69, 9.17) is 27.9 Å².